The number of likely N-dealkylation sites (tertiary alicyclic amines) is 1. The van der Waals surface area contributed by atoms with Crippen LogP contribution in [0, 0.1) is 0 Å². The second-order valence-corrected chi connectivity index (χ2v) is 5.48. The first-order valence-electron chi connectivity index (χ1n) is 7.47. The van der Waals surface area contributed by atoms with Crippen molar-refractivity contribution in [1.82, 2.24) is 4.90 Å². The Hall–Kier alpha value is -0.970. The van der Waals surface area contributed by atoms with Crippen LogP contribution in [0.2, 0.25) is 0 Å². The summed E-state index contributed by atoms with van der Waals surface area (Å²) in [4.78, 5) is 2.47. The summed E-state index contributed by atoms with van der Waals surface area (Å²) >= 11 is 0. The summed E-state index contributed by atoms with van der Waals surface area (Å²) in [6, 6.07) is 8.46. The van der Waals surface area contributed by atoms with Crippen LogP contribution < -0.4 is 15.2 Å². The lowest BCUT2D eigenvalue weighted by molar-refractivity contribution is 0.109. The number of halogens is 1. The monoisotopic (exact) mass is 314 g/mol. The van der Waals surface area contributed by atoms with E-state index in [-0.39, 0.29) is 18.4 Å². The highest BCUT2D eigenvalue weighted by Crippen LogP contribution is 2.20. The summed E-state index contributed by atoms with van der Waals surface area (Å²) in [5, 5.41) is 0. The lowest BCUT2D eigenvalue weighted by Crippen LogP contribution is -2.50. The minimum Gasteiger partial charge on any atom is -0.497 e. The highest BCUT2D eigenvalue weighted by atomic mass is 35.5. The molecule has 1 heterocycles. The molecule has 21 heavy (non-hydrogen) atoms. The van der Waals surface area contributed by atoms with Crippen LogP contribution in [0.15, 0.2) is 24.3 Å². The minimum absolute atomic E-state index is 0. The van der Waals surface area contributed by atoms with Crippen LogP contribution in [0.3, 0.4) is 0 Å². The second-order valence-electron chi connectivity index (χ2n) is 5.48. The third kappa shape index (κ3) is 5.38. The van der Waals surface area contributed by atoms with Crippen molar-refractivity contribution in [3.63, 3.8) is 0 Å². The second kappa shape index (κ2) is 9.13. The normalized spacial score (nSPS) is 20.4. The summed E-state index contributed by atoms with van der Waals surface area (Å²) in [7, 11) is 1.67. The maximum atomic E-state index is 6.08. The molecule has 0 aromatic heterocycles. The fraction of sp³-hybridized carbons (Fsp3) is 0.625. The molecule has 0 saturated carbocycles. The zero-order chi connectivity index (χ0) is 14.4. The number of nitrogens with zero attached hydrogens (tertiary/aromatic N) is 1. The van der Waals surface area contributed by atoms with Crippen molar-refractivity contribution in [1.29, 1.82) is 0 Å². The molecule has 0 bridgehead atoms. The van der Waals surface area contributed by atoms with Gasteiger partial charge < -0.3 is 15.2 Å². The summed E-state index contributed by atoms with van der Waals surface area (Å²) in [6.07, 6.45) is 3.77. The van der Waals surface area contributed by atoms with Gasteiger partial charge in [0, 0.05) is 18.6 Å². The maximum Gasteiger partial charge on any atom is 0.119 e. The van der Waals surface area contributed by atoms with Gasteiger partial charge in [-0.25, -0.2) is 0 Å². The Morgan fingerprint density at radius 1 is 1.24 bits per heavy atom. The molecule has 0 aliphatic carbocycles. The molecule has 1 aromatic carbocycles. The minimum atomic E-state index is 0. The predicted octanol–water partition coefficient (Wildman–Crippen LogP) is 2.70. The van der Waals surface area contributed by atoms with Gasteiger partial charge in [0.2, 0.25) is 0 Å². The van der Waals surface area contributed by atoms with E-state index < -0.39 is 0 Å². The first-order chi connectivity index (χ1) is 9.70. The van der Waals surface area contributed by atoms with Crippen LogP contribution in [0.4, 0.5) is 0 Å². The first-order valence-corrected chi connectivity index (χ1v) is 7.47. The largest absolute Gasteiger partial charge is 0.497 e. The number of hydrogen-bond donors (Lipinski definition) is 1. The number of methoxy groups -OCH3 is 1. The molecule has 1 aliphatic rings. The van der Waals surface area contributed by atoms with E-state index in [0.717, 1.165) is 24.6 Å². The van der Waals surface area contributed by atoms with Crippen molar-refractivity contribution in [3.8, 4) is 11.5 Å². The molecule has 2 N–H and O–H groups in total. The molecule has 1 fully saturated rings. The van der Waals surface area contributed by atoms with Crippen LogP contribution in [-0.4, -0.2) is 43.8 Å². The van der Waals surface area contributed by atoms with E-state index in [2.05, 4.69) is 11.8 Å². The molecule has 1 saturated heterocycles. The van der Waals surface area contributed by atoms with Gasteiger partial charge in [-0.3, -0.25) is 4.90 Å². The van der Waals surface area contributed by atoms with E-state index >= 15 is 0 Å². The quantitative estimate of drug-likeness (QED) is 0.877. The Balaban J connectivity index is 0.00000220. The van der Waals surface area contributed by atoms with E-state index in [1.165, 1.54) is 19.3 Å². The van der Waals surface area contributed by atoms with Crippen LogP contribution in [0.5, 0.6) is 11.5 Å². The smallest absolute Gasteiger partial charge is 0.119 e. The first kappa shape index (κ1) is 18.1. The number of piperidine rings is 1. The molecule has 2 unspecified atom stereocenters. The fourth-order valence-corrected chi connectivity index (χ4v) is 2.84. The molecule has 120 valence electrons. The van der Waals surface area contributed by atoms with Gasteiger partial charge in [-0.2, -0.15) is 0 Å². The molecular formula is C16H27ClN2O2. The lowest BCUT2D eigenvalue weighted by Gasteiger charge is -2.37. The highest BCUT2D eigenvalue weighted by molar-refractivity contribution is 5.85. The van der Waals surface area contributed by atoms with E-state index in [1.807, 2.05) is 24.3 Å². The van der Waals surface area contributed by atoms with Crippen molar-refractivity contribution in [2.75, 3.05) is 26.8 Å². The number of hydrogen-bond acceptors (Lipinski definition) is 4. The number of benzene rings is 1. The number of rotatable bonds is 6. The van der Waals surface area contributed by atoms with Crippen molar-refractivity contribution < 1.29 is 9.47 Å². The van der Waals surface area contributed by atoms with Gasteiger partial charge in [-0.15, -0.1) is 12.4 Å². The molecule has 2 atom stereocenters. The summed E-state index contributed by atoms with van der Waals surface area (Å²) in [6.45, 7) is 4.89. The summed E-state index contributed by atoms with van der Waals surface area (Å²) in [5.74, 6) is 1.74. The maximum absolute atomic E-state index is 6.08. The van der Waals surface area contributed by atoms with Gasteiger partial charge in [-0.05, 0) is 50.6 Å². The Kier molecular flexibility index (Phi) is 7.86. The van der Waals surface area contributed by atoms with E-state index in [0.29, 0.717) is 12.6 Å². The SMILES string of the molecule is COc1ccc(OCCN2CCCCC2C(C)N)cc1.Cl. The number of ether oxygens (including phenoxy) is 2. The molecule has 1 aromatic rings. The van der Waals surface area contributed by atoms with Crippen molar-refractivity contribution >= 4 is 12.4 Å². The Bertz CT molecular complexity index is 398. The van der Waals surface area contributed by atoms with Crippen LogP contribution in [0.1, 0.15) is 26.2 Å². The molecule has 4 nitrogen and oxygen atoms in total. The summed E-state index contributed by atoms with van der Waals surface area (Å²) < 4.78 is 10.9. The third-order valence-electron chi connectivity index (χ3n) is 3.98. The Labute approximate surface area is 134 Å². The topological polar surface area (TPSA) is 47.7 Å². The van der Waals surface area contributed by atoms with Crippen LogP contribution >= 0.6 is 12.4 Å². The third-order valence-corrected chi connectivity index (χ3v) is 3.98. The average molecular weight is 315 g/mol. The van der Waals surface area contributed by atoms with Crippen molar-refractivity contribution in [2.24, 2.45) is 5.73 Å². The van der Waals surface area contributed by atoms with E-state index in [9.17, 15) is 0 Å². The lowest BCUT2D eigenvalue weighted by atomic mass is 9.97. The van der Waals surface area contributed by atoms with Crippen LogP contribution in [0.25, 0.3) is 0 Å². The fourth-order valence-electron chi connectivity index (χ4n) is 2.84. The molecule has 2 rings (SSSR count). The van der Waals surface area contributed by atoms with E-state index in [1.54, 1.807) is 7.11 Å². The van der Waals surface area contributed by atoms with Crippen molar-refractivity contribution in [2.45, 2.75) is 38.3 Å². The van der Waals surface area contributed by atoms with Gasteiger partial charge in [-0.1, -0.05) is 6.42 Å². The Morgan fingerprint density at radius 3 is 2.52 bits per heavy atom. The highest BCUT2D eigenvalue weighted by Gasteiger charge is 2.24. The van der Waals surface area contributed by atoms with Gasteiger partial charge in [0.25, 0.3) is 0 Å². The standard InChI is InChI=1S/C16H26N2O2.ClH/c1-13(17)16-5-3-4-10-18(16)11-12-20-15-8-6-14(19-2)7-9-15;/h6-9,13,16H,3-5,10-12,17H2,1-2H3;1H. The Morgan fingerprint density at radius 2 is 1.90 bits per heavy atom. The van der Waals surface area contributed by atoms with Crippen molar-refractivity contribution in [3.05, 3.63) is 24.3 Å². The van der Waals surface area contributed by atoms with Gasteiger partial charge >= 0.3 is 0 Å². The molecular weight excluding hydrogens is 288 g/mol. The van der Waals surface area contributed by atoms with E-state index in [4.69, 9.17) is 15.2 Å². The molecule has 0 radical (unpaired) electrons. The summed E-state index contributed by atoms with van der Waals surface area (Å²) in [5.41, 5.74) is 6.08. The molecule has 5 heteroatoms. The zero-order valence-electron chi connectivity index (χ0n) is 13.0. The molecule has 1 aliphatic heterocycles. The molecule has 0 spiro atoms. The number of nitrogens with two attached hydrogens (primary N) is 1. The predicted molar refractivity (Wildman–Crippen MR) is 88.6 cm³/mol. The van der Waals surface area contributed by atoms with Gasteiger partial charge in [0.15, 0.2) is 0 Å². The molecule has 0 amide bonds. The average Bonchev–Trinajstić information content (AvgIpc) is 2.48. The van der Waals surface area contributed by atoms with Gasteiger partial charge in [0.05, 0.1) is 7.11 Å². The van der Waals surface area contributed by atoms with Crippen LogP contribution in [-0.2, 0) is 0 Å². The zero-order valence-corrected chi connectivity index (χ0v) is 13.8. The van der Waals surface area contributed by atoms with Gasteiger partial charge in [0.1, 0.15) is 18.1 Å².